The predicted molar refractivity (Wildman–Crippen MR) is 225 cm³/mol. The van der Waals surface area contributed by atoms with Crippen LogP contribution < -0.4 is 4.90 Å². The van der Waals surface area contributed by atoms with Crippen molar-refractivity contribution >= 4 is 44.3 Å². The summed E-state index contributed by atoms with van der Waals surface area (Å²) in [6.45, 7) is 0. The molecule has 264 valence electrons. The molecule has 0 N–H and O–H groups in total. The Balaban J connectivity index is 0.980. The van der Waals surface area contributed by atoms with Gasteiger partial charge in [-0.05, 0) is 102 Å². The lowest BCUT2D eigenvalue weighted by molar-refractivity contribution is 0.831. The lowest BCUT2D eigenvalue weighted by Crippen LogP contribution is -2.27. The number of para-hydroxylation sites is 3. The maximum absolute atomic E-state index is 4.99. The van der Waals surface area contributed by atoms with Gasteiger partial charge in [0.1, 0.15) is 0 Å². The van der Waals surface area contributed by atoms with Gasteiger partial charge in [-0.2, -0.15) is 0 Å². The third-order valence-corrected chi connectivity index (χ3v) is 10.9. The highest BCUT2D eigenvalue weighted by Gasteiger charge is 2.36. The van der Waals surface area contributed by atoms with Gasteiger partial charge >= 0.3 is 0 Å². The van der Waals surface area contributed by atoms with Crippen molar-refractivity contribution in [3.05, 3.63) is 194 Å². The second kappa shape index (κ2) is 13.1. The number of allylic oxidation sites excluding steroid dienone is 2. The maximum Gasteiger partial charge on any atom is 0.164 e. The highest BCUT2D eigenvalue weighted by Crippen LogP contribution is 2.49. The van der Waals surface area contributed by atoms with Gasteiger partial charge in [0, 0.05) is 74.9 Å². The number of hydrogen-bond acceptors (Lipinski definition) is 6. The molecule has 5 heterocycles. The van der Waals surface area contributed by atoms with Crippen molar-refractivity contribution in [3.8, 4) is 39.9 Å². The van der Waals surface area contributed by atoms with Gasteiger partial charge in [0.25, 0.3) is 0 Å². The van der Waals surface area contributed by atoms with Crippen molar-refractivity contribution in [1.29, 1.82) is 0 Å². The molecule has 7 nitrogen and oxygen atoms in total. The quantitative estimate of drug-likeness (QED) is 0.170. The van der Waals surface area contributed by atoms with E-state index in [1.165, 1.54) is 55.5 Å². The average Bonchev–Trinajstić information content (AvgIpc) is 3.79. The van der Waals surface area contributed by atoms with E-state index < -0.39 is 0 Å². The van der Waals surface area contributed by atoms with Crippen LogP contribution in [-0.2, 0) is 0 Å². The van der Waals surface area contributed by atoms with E-state index in [9.17, 15) is 0 Å². The van der Waals surface area contributed by atoms with Gasteiger partial charge < -0.3 is 9.47 Å². The minimum absolute atomic E-state index is 0.147. The molecule has 0 radical (unpaired) electrons. The number of rotatable bonds is 6. The number of pyridine rings is 2. The molecular formula is C49H33N7. The zero-order valence-electron chi connectivity index (χ0n) is 30.2. The van der Waals surface area contributed by atoms with Crippen molar-refractivity contribution in [2.75, 3.05) is 4.90 Å². The van der Waals surface area contributed by atoms with Crippen LogP contribution in [0, 0.1) is 0 Å². The molecule has 0 amide bonds. The van der Waals surface area contributed by atoms with Crippen LogP contribution in [0.4, 0.5) is 11.4 Å². The molecule has 1 aliphatic carbocycles. The van der Waals surface area contributed by atoms with Gasteiger partial charge in [-0.3, -0.25) is 9.97 Å². The lowest BCUT2D eigenvalue weighted by Gasteiger charge is -2.30. The summed E-state index contributed by atoms with van der Waals surface area (Å²) in [4.78, 5) is 25.7. The topological polar surface area (TPSA) is 72.6 Å². The Bertz CT molecular complexity index is 2950. The number of aromatic nitrogens is 6. The molecule has 7 heteroatoms. The normalized spacial score (nSPS) is 14.7. The molecule has 4 aromatic heterocycles. The van der Waals surface area contributed by atoms with Crippen LogP contribution in [0.3, 0.4) is 0 Å². The van der Waals surface area contributed by atoms with E-state index in [1.54, 1.807) is 24.8 Å². The van der Waals surface area contributed by atoms with Crippen LogP contribution in [0.2, 0.25) is 0 Å². The van der Waals surface area contributed by atoms with Crippen molar-refractivity contribution in [3.63, 3.8) is 0 Å². The molecule has 2 aliphatic rings. The van der Waals surface area contributed by atoms with Gasteiger partial charge in [-0.25, -0.2) is 15.0 Å². The molecule has 0 spiro atoms. The molecule has 1 atom stereocenters. The Morgan fingerprint density at radius 3 is 1.89 bits per heavy atom. The summed E-state index contributed by atoms with van der Waals surface area (Å²) in [6, 6.07) is 51.5. The molecule has 0 bridgehead atoms. The Labute approximate surface area is 323 Å². The number of benzene rings is 5. The van der Waals surface area contributed by atoms with Gasteiger partial charge in [-0.15, -0.1) is 0 Å². The van der Waals surface area contributed by atoms with Gasteiger partial charge in [0.2, 0.25) is 0 Å². The summed E-state index contributed by atoms with van der Waals surface area (Å²) in [6.07, 6.45) is 12.7. The maximum atomic E-state index is 4.99. The van der Waals surface area contributed by atoms with E-state index in [4.69, 9.17) is 15.0 Å². The van der Waals surface area contributed by atoms with Crippen molar-refractivity contribution in [2.24, 2.45) is 0 Å². The zero-order chi connectivity index (χ0) is 37.0. The molecule has 0 saturated carbocycles. The Morgan fingerprint density at radius 1 is 0.482 bits per heavy atom. The van der Waals surface area contributed by atoms with Crippen LogP contribution in [-0.4, -0.2) is 35.5 Å². The van der Waals surface area contributed by atoms with E-state index in [0.29, 0.717) is 17.5 Å². The fourth-order valence-corrected chi connectivity index (χ4v) is 8.37. The third-order valence-electron chi connectivity index (χ3n) is 10.9. The Hall–Kier alpha value is -7.51. The SMILES string of the molecule is C1=C(c2ccc3c(c2)c2ccccc2n3-c2ccccc2)C=C2c3ccccc3N(c3cccc(-c4nc(-c5ccncc5)nc(-c5ccncc5)n4)c3)C2C1. The van der Waals surface area contributed by atoms with Crippen LogP contribution in [0.15, 0.2) is 183 Å². The average molecular weight is 720 g/mol. The molecule has 9 aromatic rings. The number of fused-ring (bicyclic) bond motifs is 6. The van der Waals surface area contributed by atoms with Crippen molar-refractivity contribution in [2.45, 2.75) is 12.5 Å². The zero-order valence-corrected chi connectivity index (χ0v) is 30.2. The van der Waals surface area contributed by atoms with Crippen LogP contribution in [0.1, 0.15) is 17.5 Å². The van der Waals surface area contributed by atoms with Gasteiger partial charge in [-0.1, -0.05) is 78.9 Å². The fourth-order valence-electron chi connectivity index (χ4n) is 8.37. The number of nitrogens with zero attached hydrogens (tertiary/aromatic N) is 7. The van der Waals surface area contributed by atoms with E-state index in [-0.39, 0.29) is 6.04 Å². The molecule has 11 rings (SSSR count). The fraction of sp³-hybridized carbons (Fsp3) is 0.0408. The smallest absolute Gasteiger partial charge is 0.164 e. The second-order valence-corrected chi connectivity index (χ2v) is 14.1. The predicted octanol–water partition coefficient (Wildman–Crippen LogP) is 11.2. The second-order valence-electron chi connectivity index (χ2n) is 14.1. The summed E-state index contributed by atoms with van der Waals surface area (Å²) in [5, 5.41) is 2.51. The highest BCUT2D eigenvalue weighted by molar-refractivity contribution is 6.10. The third kappa shape index (κ3) is 5.32. The highest BCUT2D eigenvalue weighted by atomic mass is 15.2. The minimum Gasteiger partial charge on any atom is -0.333 e. The van der Waals surface area contributed by atoms with E-state index in [2.05, 4.69) is 153 Å². The minimum atomic E-state index is 0.147. The van der Waals surface area contributed by atoms with E-state index in [0.717, 1.165) is 28.8 Å². The Morgan fingerprint density at radius 2 is 1.12 bits per heavy atom. The molecule has 5 aromatic carbocycles. The molecular weight excluding hydrogens is 687 g/mol. The summed E-state index contributed by atoms with van der Waals surface area (Å²) < 4.78 is 2.37. The van der Waals surface area contributed by atoms with Crippen LogP contribution in [0.25, 0.3) is 72.8 Å². The molecule has 56 heavy (non-hydrogen) atoms. The van der Waals surface area contributed by atoms with Gasteiger partial charge in [0.15, 0.2) is 17.5 Å². The summed E-state index contributed by atoms with van der Waals surface area (Å²) in [5.74, 6) is 1.80. The van der Waals surface area contributed by atoms with Crippen LogP contribution in [0.5, 0.6) is 0 Å². The largest absolute Gasteiger partial charge is 0.333 e. The van der Waals surface area contributed by atoms with Gasteiger partial charge in [0.05, 0.1) is 17.1 Å². The van der Waals surface area contributed by atoms with E-state index >= 15 is 0 Å². The van der Waals surface area contributed by atoms with E-state index in [1.807, 2.05) is 24.3 Å². The standard InChI is InChI=1S/C49H33N7/c1-2-10-37(11-3-1)55-43-15-6-4-13-39(43)41-30-34(17-19-45(41)55)35-18-20-46-42(31-35)40-14-5-7-16-44(40)56(46)38-12-8-9-36(29-38)49-53-47(32-21-25-50-26-22-32)52-48(54-49)33-23-27-51-28-24-33/h1-19,21-31,46H,20H2. The first kappa shape index (κ1) is 32.0. The molecule has 0 fully saturated rings. The van der Waals surface area contributed by atoms with Crippen molar-refractivity contribution < 1.29 is 0 Å². The molecule has 1 unspecified atom stereocenters. The summed E-state index contributed by atoms with van der Waals surface area (Å²) in [7, 11) is 0. The van der Waals surface area contributed by atoms with Crippen molar-refractivity contribution in [1.82, 2.24) is 29.5 Å². The lowest BCUT2D eigenvalue weighted by atomic mass is 9.89. The first-order chi connectivity index (χ1) is 27.8. The molecule has 0 saturated heterocycles. The first-order valence-corrected chi connectivity index (χ1v) is 18.8. The summed E-state index contributed by atoms with van der Waals surface area (Å²) >= 11 is 0. The first-order valence-electron chi connectivity index (χ1n) is 18.8. The van der Waals surface area contributed by atoms with Crippen LogP contribution >= 0.6 is 0 Å². The number of hydrogen-bond donors (Lipinski definition) is 0. The monoisotopic (exact) mass is 719 g/mol. The molecule has 1 aliphatic heterocycles. The summed E-state index contributed by atoms with van der Waals surface area (Å²) in [5.41, 5.74) is 13.6. The number of anilines is 2. The Kier molecular flexibility index (Phi) is 7.48.